The third-order valence-corrected chi connectivity index (χ3v) is 5.25. The Labute approximate surface area is 149 Å². The highest BCUT2D eigenvalue weighted by Crippen LogP contribution is 2.28. The van der Waals surface area contributed by atoms with Gasteiger partial charge in [0.1, 0.15) is 5.02 Å². The van der Waals surface area contributed by atoms with Crippen LogP contribution in [0.25, 0.3) is 0 Å². The van der Waals surface area contributed by atoms with E-state index in [9.17, 15) is 18.5 Å². The van der Waals surface area contributed by atoms with Gasteiger partial charge in [-0.1, -0.05) is 16.7 Å². The van der Waals surface area contributed by atoms with Crippen LogP contribution < -0.4 is 9.46 Å². The number of hydrogen-bond acceptors (Lipinski definition) is 7. The van der Waals surface area contributed by atoms with E-state index in [0.717, 1.165) is 12.1 Å². The van der Waals surface area contributed by atoms with Crippen LogP contribution in [0.5, 0.6) is 6.01 Å². The zero-order valence-corrected chi connectivity index (χ0v) is 15.2. The minimum Gasteiger partial charge on any atom is -0.467 e. The molecule has 25 heavy (non-hydrogen) atoms. The molecule has 1 heterocycles. The number of sulfonamides is 1. The van der Waals surface area contributed by atoms with E-state index in [4.69, 9.17) is 16.3 Å². The topological polar surface area (TPSA) is 129 Å². The first-order valence-electron chi connectivity index (χ1n) is 7.14. The van der Waals surface area contributed by atoms with Crippen molar-refractivity contribution in [3.63, 3.8) is 0 Å². The van der Waals surface area contributed by atoms with E-state index in [0.29, 0.717) is 12.4 Å². The van der Waals surface area contributed by atoms with Crippen molar-refractivity contribution in [3.8, 4) is 6.01 Å². The molecule has 0 spiro atoms. The number of nitro benzene ring substituents is 1. The number of hydrogen-bond donors (Lipinski definition) is 1. The number of aromatic nitrogens is 3. The fourth-order valence-electron chi connectivity index (χ4n) is 2.22. The minimum atomic E-state index is -4.04. The average Bonchev–Trinajstić information content (AvgIpc) is 2.97. The van der Waals surface area contributed by atoms with Gasteiger partial charge in [0, 0.05) is 12.6 Å². The van der Waals surface area contributed by atoms with E-state index in [1.165, 1.54) is 13.2 Å². The average molecular weight is 390 g/mol. The number of benzene rings is 1. The van der Waals surface area contributed by atoms with Crippen molar-refractivity contribution in [2.75, 3.05) is 7.11 Å². The maximum absolute atomic E-state index is 12.5. The maximum Gasteiger partial charge on any atom is 0.316 e. The van der Waals surface area contributed by atoms with E-state index >= 15 is 0 Å². The SMILES string of the molecule is CCn1c(OC)nnc1[C@H](C)NS(=O)(=O)c1ccc(Cl)c([N+](=O)[O-])c1. The van der Waals surface area contributed by atoms with Crippen molar-refractivity contribution < 1.29 is 18.1 Å². The lowest BCUT2D eigenvalue weighted by atomic mass is 10.3. The molecule has 1 atom stereocenters. The number of ether oxygens (including phenoxy) is 1. The lowest BCUT2D eigenvalue weighted by Gasteiger charge is -2.15. The first kappa shape index (κ1) is 19.1. The van der Waals surface area contributed by atoms with Gasteiger partial charge in [-0.3, -0.25) is 14.7 Å². The van der Waals surface area contributed by atoms with Gasteiger partial charge in [-0.15, -0.1) is 5.10 Å². The molecule has 0 aliphatic carbocycles. The van der Waals surface area contributed by atoms with Crippen LogP contribution in [-0.4, -0.2) is 35.2 Å². The molecule has 0 saturated heterocycles. The van der Waals surface area contributed by atoms with Crippen LogP contribution in [0.3, 0.4) is 0 Å². The second-order valence-corrected chi connectivity index (χ2v) is 7.12. The lowest BCUT2D eigenvalue weighted by molar-refractivity contribution is -0.384. The summed E-state index contributed by atoms with van der Waals surface area (Å²) in [6.45, 7) is 3.89. The fourth-order valence-corrected chi connectivity index (χ4v) is 3.63. The summed E-state index contributed by atoms with van der Waals surface area (Å²) in [4.78, 5) is 9.91. The number of nitrogens with one attached hydrogen (secondary N) is 1. The highest BCUT2D eigenvalue weighted by atomic mass is 35.5. The van der Waals surface area contributed by atoms with E-state index < -0.39 is 26.7 Å². The van der Waals surface area contributed by atoms with Crippen molar-refractivity contribution in [1.29, 1.82) is 0 Å². The van der Waals surface area contributed by atoms with Gasteiger partial charge in [0.25, 0.3) is 5.69 Å². The summed E-state index contributed by atoms with van der Waals surface area (Å²) in [5.41, 5.74) is -0.490. The summed E-state index contributed by atoms with van der Waals surface area (Å²) in [6, 6.07) is 2.77. The van der Waals surface area contributed by atoms with Gasteiger partial charge >= 0.3 is 6.01 Å². The fraction of sp³-hybridized carbons (Fsp3) is 0.385. The van der Waals surface area contributed by atoms with Crippen molar-refractivity contribution >= 4 is 27.3 Å². The molecule has 0 bridgehead atoms. The number of halogens is 1. The molecule has 0 unspecified atom stereocenters. The van der Waals surface area contributed by atoms with Crippen LogP contribution in [-0.2, 0) is 16.6 Å². The first-order valence-corrected chi connectivity index (χ1v) is 9.00. The zero-order chi connectivity index (χ0) is 18.8. The van der Waals surface area contributed by atoms with E-state index in [2.05, 4.69) is 14.9 Å². The highest BCUT2D eigenvalue weighted by molar-refractivity contribution is 7.89. The standard InChI is InChI=1S/C13H16ClN5O5S/c1-4-18-12(15-16-13(18)24-3)8(2)17-25(22,23)9-5-6-10(14)11(7-9)19(20)21/h5-8,17H,4H2,1-3H3/t8-/m0/s1. The van der Waals surface area contributed by atoms with Crippen LogP contribution in [0.4, 0.5) is 5.69 Å². The number of nitrogens with zero attached hydrogens (tertiary/aromatic N) is 4. The van der Waals surface area contributed by atoms with Crippen LogP contribution >= 0.6 is 11.6 Å². The Morgan fingerprint density at radius 3 is 2.68 bits per heavy atom. The molecule has 136 valence electrons. The molecule has 2 rings (SSSR count). The molecule has 0 radical (unpaired) electrons. The Morgan fingerprint density at radius 1 is 1.44 bits per heavy atom. The van der Waals surface area contributed by atoms with E-state index in [-0.39, 0.29) is 15.9 Å². The molecule has 0 amide bonds. The number of rotatable bonds is 7. The van der Waals surface area contributed by atoms with Gasteiger partial charge in [0.05, 0.1) is 23.0 Å². The Kier molecular flexibility index (Phi) is 5.60. The van der Waals surface area contributed by atoms with Crippen molar-refractivity contribution in [2.45, 2.75) is 31.3 Å². The molecule has 1 N–H and O–H groups in total. The molecule has 1 aromatic carbocycles. The third-order valence-electron chi connectivity index (χ3n) is 3.39. The molecule has 0 aliphatic heterocycles. The predicted molar refractivity (Wildman–Crippen MR) is 89.1 cm³/mol. The highest BCUT2D eigenvalue weighted by Gasteiger charge is 2.25. The third kappa shape index (κ3) is 3.89. The molecule has 2 aromatic rings. The molecular weight excluding hydrogens is 374 g/mol. The second-order valence-electron chi connectivity index (χ2n) is 5.00. The van der Waals surface area contributed by atoms with Crippen molar-refractivity contribution in [2.24, 2.45) is 0 Å². The van der Waals surface area contributed by atoms with Crippen LogP contribution in [0, 0.1) is 10.1 Å². The maximum atomic E-state index is 12.5. The summed E-state index contributed by atoms with van der Waals surface area (Å²) in [5, 5.41) is 18.5. The zero-order valence-electron chi connectivity index (χ0n) is 13.6. The van der Waals surface area contributed by atoms with Crippen molar-refractivity contribution in [1.82, 2.24) is 19.5 Å². The molecule has 1 aromatic heterocycles. The molecule has 0 saturated carbocycles. The normalized spacial score (nSPS) is 12.8. The summed E-state index contributed by atoms with van der Waals surface area (Å²) < 4.78 is 34.1. The van der Waals surface area contributed by atoms with E-state index in [1.807, 2.05) is 6.92 Å². The van der Waals surface area contributed by atoms with Crippen LogP contribution in [0.15, 0.2) is 23.1 Å². The smallest absolute Gasteiger partial charge is 0.316 e. The van der Waals surface area contributed by atoms with Gasteiger partial charge in [0.2, 0.25) is 10.0 Å². The summed E-state index contributed by atoms with van der Waals surface area (Å²) in [5.74, 6) is 0.353. The Morgan fingerprint density at radius 2 is 2.12 bits per heavy atom. The van der Waals surface area contributed by atoms with Crippen LogP contribution in [0.1, 0.15) is 25.7 Å². The van der Waals surface area contributed by atoms with Gasteiger partial charge < -0.3 is 4.74 Å². The van der Waals surface area contributed by atoms with Gasteiger partial charge in [-0.2, -0.15) is 0 Å². The second kappa shape index (κ2) is 7.33. The number of nitro groups is 1. The Hall–Kier alpha value is -2.24. The van der Waals surface area contributed by atoms with Crippen molar-refractivity contribution in [3.05, 3.63) is 39.2 Å². The van der Waals surface area contributed by atoms with E-state index in [1.54, 1.807) is 11.5 Å². The predicted octanol–water partition coefficient (Wildman–Crippen LogP) is 1.91. The Bertz CT molecular complexity index is 898. The van der Waals surface area contributed by atoms with Gasteiger partial charge in [-0.25, -0.2) is 13.1 Å². The van der Waals surface area contributed by atoms with Crippen LogP contribution in [0.2, 0.25) is 5.02 Å². The molecule has 12 heteroatoms. The monoisotopic (exact) mass is 389 g/mol. The van der Waals surface area contributed by atoms with Gasteiger partial charge in [-0.05, 0) is 26.0 Å². The molecule has 0 fully saturated rings. The molecule has 10 nitrogen and oxygen atoms in total. The largest absolute Gasteiger partial charge is 0.467 e. The lowest BCUT2D eigenvalue weighted by Crippen LogP contribution is -2.29. The summed E-state index contributed by atoms with van der Waals surface area (Å²) >= 11 is 5.71. The Balaban J connectivity index is 2.34. The molecule has 0 aliphatic rings. The first-order chi connectivity index (χ1) is 11.7. The van der Waals surface area contributed by atoms with Gasteiger partial charge in [0.15, 0.2) is 5.82 Å². The summed E-state index contributed by atoms with van der Waals surface area (Å²) in [6.07, 6.45) is 0. The minimum absolute atomic E-state index is 0.146. The quantitative estimate of drug-likeness (QED) is 0.565. The summed E-state index contributed by atoms with van der Waals surface area (Å²) in [7, 11) is -2.61. The number of methoxy groups -OCH3 is 1. The molecular formula is C13H16ClN5O5S.